The minimum Gasteiger partial charge on any atom is -0.423 e. The first-order valence-electron chi connectivity index (χ1n) is 9.84. The Kier molecular flexibility index (Phi) is 5.13. The van der Waals surface area contributed by atoms with Crippen molar-refractivity contribution in [1.29, 1.82) is 0 Å². The van der Waals surface area contributed by atoms with Crippen molar-refractivity contribution in [3.8, 4) is 0 Å². The summed E-state index contributed by atoms with van der Waals surface area (Å²) >= 11 is 0. The van der Waals surface area contributed by atoms with Gasteiger partial charge in [-0.2, -0.15) is 0 Å². The van der Waals surface area contributed by atoms with E-state index >= 15 is 0 Å². The zero-order valence-corrected chi connectivity index (χ0v) is 16.4. The van der Waals surface area contributed by atoms with E-state index in [1.165, 1.54) is 5.56 Å². The summed E-state index contributed by atoms with van der Waals surface area (Å²) in [6.07, 6.45) is 6.22. The molecule has 6 nitrogen and oxygen atoms in total. The van der Waals surface area contributed by atoms with Crippen LogP contribution in [-0.4, -0.2) is 33.3 Å². The normalized spacial score (nSPS) is 17.9. The molecule has 28 heavy (non-hydrogen) atoms. The zero-order chi connectivity index (χ0) is 19.7. The van der Waals surface area contributed by atoms with E-state index in [1.54, 1.807) is 23.0 Å². The quantitative estimate of drug-likeness (QED) is 0.503. The molecule has 1 unspecified atom stereocenters. The van der Waals surface area contributed by atoms with Crippen LogP contribution >= 0.6 is 0 Å². The number of hydrogen-bond donors (Lipinski definition) is 0. The number of aryl methyl sites for hydroxylation is 2. The molecule has 4 rings (SSSR count). The molecule has 1 fully saturated rings. The second-order valence-electron chi connectivity index (χ2n) is 7.58. The van der Waals surface area contributed by atoms with Gasteiger partial charge in [-0.05, 0) is 49.1 Å². The van der Waals surface area contributed by atoms with Crippen LogP contribution in [0.2, 0.25) is 0 Å². The van der Waals surface area contributed by atoms with Gasteiger partial charge in [0.2, 0.25) is 5.78 Å². The maximum atomic E-state index is 12.9. The van der Waals surface area contributed by atoms with E-state index in [4.69, 9.17) is 4.42 Å². The van der Waals surface area contributed by atoms with Gasteiger partial charge in [0.1, 0.15) is 5.58 Å². The van der Waals surface area contributed by atoms with Crippen molar-refractivity contribution in [3.63, 3.8) is 0 Å². The molecule has 1 saturated heterocycles. The highest BCUT2D eigenvalue weighted by molar-refractivity contribution is 5.95. The molecule has 0 saturated carbocycles. The zero-order valence-electron chi connectivity index (χ0n) is 16.4. The summed E-state index contributed by atoms with van der Waals surface area (Å²) in [5, 5.41) is 0.983. The molecule has 3 aromatic rings. The van der Waals surface area contributed by atoms with Crippen molar-refractivity contribution in [2.45, 2.75) is 32.7 Å². The van der Waals surface area contributed by atoms with Crippen LogP contribution in [-0.2, 0) is 20.0 Å². The maximum Gasteiger partial charge on any atom is 0.336 e. The number of imidazole rings is 1. The lowest BCUT2D eigenvalue weighted by Gasteiger charge is -2.32. The van der Waals surface area contributed by atoms with Crippen LogP contribution in [0.25, 0.3) is 11.0 Å². The second-order valence-corrected chi connectivity index (χ2v) is 7.58. The molecule has 1 atom stereocenters. The van der Waals surface area contributed by atoms with Gasteiger partial charge in [0, 0.05) is 49.9 Å². The molecule has 1 aromatic carbocycles. The van der Waals surface area contributed by atoms with Crippen LogP contribution in [0.15, 0.2) is 45.9 Å². The molecule has 0 radical (unpaired) electrons. The number of carbonyl (C=O) groups excluding carboxylic acids is 1. The molecule has 0 aliphatic carbocycles. The third-order valence-electron chi connectivity index (χ3n) is 5.61. The number of nitrogens with zero attached hydrogens (tertiary/aromatic N) is 3. The number of likely N-dealkylation sites (tertiary alicyclic amines) is 1. The number of hydrogen-bond acceptors (Lipinski definition) is 5. The van der Waals surface area contributed by atoms with Crippen molar-refractivity contribution < 1.29 is 9.21 Å². The number of rotatable bonds is 5. The second kappa shape index (κ2) is 7.72. The van der Waals surface area contributed by atoms with E-state index in [0.717, 1.165) is 36.8 Å². The minimum absolute atomic E-state index is 0.0626. The summed E-state index contributed by atoms with van der Waals surface area (Å²) < 4.78 is 7.15. The van der Waals surface area contributed by atoms with E-state index in [0.29, 0.717) is 24.5 Å². The number of benzene rings is 1. The molecule has 1 aliphatic rings. The first-order valence-corrected chi connectivity index (χ1v) is 9.84. The van der Waals surface area contributed by atoms with Crippen LogP contribution in [0.5, 0.6) is 0 Å². The average Bonchev–Trinajstić information content (AvgIpc) is 3.13. The van der Waals surface area contributed by atoms with Crippen molar-refractivity contribution in [2.24, 2.45) is 13.0 Å². The van der Waals surface area contributed by atoms with E-state index < -0.39 is 0 Å². The van der Waals surface area contributed by atoms with E-state index in [2.05, 4.69) is 22.9 Å². The Morgan fingerprint density at radius 2 is 2.18 bits per heavy atom. The Morgan fingerprint density at radius 1 is 1.32 bits per heavy atom. The lowest BCUT2D eigenvalue weighted by molar-refractivity contribution is 0.0798. The summed E-state index contributed by atoms with van der Waals surface area (Å²) in [5.41, 5.74) is 2.47. The van der Waals surface area contributed by atoms with Crippen molar-refractivity contribution in [1.82, 2.24) is 14.5 Å². The van der Waals surface area contributed by atoms with Gasteiger partial charge < -0.3 is 8.98 Å². The standard InChI is InChI=1S/C22H25N3O3/c1-3-15-6-7-19-18(11-15)17(12-20(26)28-19)14-25-9-4-5-16(13-25)21(27)22-23-8-10-24(22)2/h6-8,10-12,16H,3-5,9,13-14H2,1-2H3. The highest BCUT2D eigenvalue weighted by Crippen LogP contribution is 2.25. The fraction of sp³-hybridized carbons (Fsp3) is 0.409. The molecule has 146 valence electrons. The molecular weight excluding hydrogens is 354 g/mol. The number of fused-ring (bicyclic) bond motifs is 1. The monoisotopic (exact) mass is 379 g/mol. The predicted molar refractivity (Wildman–Crippen MR) is 107 cm³/mol. The number of ketones is 1. The Balaban J connectivity index is 1.58. The summed E-state index contributed by atoms with van der Waals surface area (Å²) in [5.74, 6) is 0.556. The first kappa shape index (κ1) is 18.6. The molecule has 6 heteroatoms. The Morgan fingerprint density at radius 3 is 2.93 bits per heavy atom. The average molecular weight is 379 g/mol. The molecule has 0 amide bonds. The fourth-order valence-electron chi connectivity index (χ4n) is 4.07. The predicted octanol–water partition coefficient (Wildman–Crippen LogP) is 3.18. The smallest absolute Gasteiger partial charge is 0.336 e. The number of aromatic nitrogens is 2. The van der Waals surface area contributed by atoms with Gasteiger partial charge in [0.25, 0.3) is 0 Å². The van der Waals surface area contributed by atoms with Gasteiger partial charge in [0.15, 0.2) is 5.82 Å². The number of piperidine rings is 1. The van der Waals surface area contributed by atoms with E-state index in [1.807, 2.05) is 19.2 Å². The molecule has 0 bridgehead atoms. The molecule has 2 aromatic heterocycles. The Labute approximate surface area is 163 Å². The maximum absolute atomic E-state index is 12.9. The highest BCUT2D eigenvalue weighted by atomic mass is 16.4. The van der Waals surface area contributed by atoms with Crippen molar-refractivity contribution in [3.05, 3.63) is 64.0 Å². The highest BCUT2D eigenvalue weighted by Gasteiger charge is 2.29. The topological polar surface area (TPSA) is 68.3 Å². The minimum atomic E-state index is -0.329. The van der Waals surface area contributed by atoms with Crippen LogP contribution in [0.3, 0.4) is 0 Å². The van der Waals surface area contributed by atoms with Gasteiger partial charge in [-0.25, -0.2) is 9.78 Å². The molecule has 1 aliphatic heterocycles. The first-order chi connectivity index (χ1) is 13.5. The van der Waals surface area contributed by atoms with E-state index in [-0.39, 0.29) is 17.3 Å². The lowest BCUT2D eigenvalue weighted by Crippen LogP contribution is -2.39. The molecule has 0 spiro atoms. The van der Waals surface area contributed by atoms with Crippen LogP contribution in [0.4, 0.5) is 0 Å². The third-order valence-corrected chi connectivity index (χ3v) is 5.61. The van der Waals surface area contributed by atoms with Gasteiger partial charge >= 0.3 is 5.63 Å². The van der Waals surface area contributed by atoms with Crippen LogP contribution < -0.4 is 5.63 Å². The van der Waals surface area contributed by atoms with Crippen LogP contribution in [0.1, 0.15) is 41.5 Å². The summed E-state index contributed by atoms with van der Waals surface area (Å²) in [7, 11) is 1.85. The van der Waals surface area contributed by atoms with Gasteiger partial charge in [-0.1, -0.05) is 13.0 Å². The summed E-state index contributed by atoms with van der Waals surface area (Å²) in [6, 6.07) is 7.57. The third kappa shape index (κ3) is 3.64. The van der Waals surface area contributed by atoms with Gasteiger partial charge in [-0.15, -0.1) is 0 Å². The van der Waals surface area contributed by atoms with E-state index in [9.17, 15) is 9.59 Å². The number of Topliss-reactive ketones (excluding diaryl/α,β-unsaturated/α-hetero) is 1. The SMILES string of the molecule is CCc1ccc2oc(=O)cc(CN3CCCC(C(=O)c4nccn4C)C3)c2c1. The molecule has 0 N–H and O–H groups in total. The fourth-order valence-corrected chi connectivity index (χ4v) is 4.07. The molecule has 3 heterocycles. The Bertz CT molecular complexity index is 1070. The summed E-state index contributed by atoms with van der Waals surface area (Å²) in [4.78, 5) is 31.3. The van der Waals surface area contributed by atoms with Gasteiger partial charge in [0.05, 0.1) is 0 Å². The van der Waals surface area contributed by atoms with Gasteiger partial charge in [-0.3, -0.25) is 9.69 Å². The number of carbonyl (C=O) groups is 1. The lowest BCUT2D eigenvalue weighted by atomic mass is 9.92. The Hall–Kier alpha value is -2.73. The van der Waals surface area contributed by atoms with Crippen molar-refractivity contribution >= 4 is 16.8 Å². The summed E-state index contributed by atoms with van der Waals surface area (Å²) in [6.45, 7) is 4.35. The molecular formula is C22H25N3O3. The van der Waals surface area contributed by atoms with Crippen molar-refractivity contribution in [2.75, 3.05) is 13.1 Å². The largest absolute Gasteiger partial charge is 0.423 e. The van der Waals surface area contributed by atoms with Crippen LogP contribution in [0, 0.1) is 5.92 Å².